The van der Waals surface area contributed by atoms with Crippen LogP contribution in [0, 0.1) is 11.3 Å². The Morgan fingerprint density at radius 1 is 1.82 bits per heavy atom. The lowest BCUT2D eigenvalue weighted by molar-refractivity contribution is 0.507. The molecule has 0 fully saturated rings. The molecule has 0 aromatic heterocycles. The molecule has 0 rings (SSSR count). The third-order valence-electron chi connectivity index (χ3n) is 0.893. The van der Waals surface area contributed by atoms with E-state index in [1.54, 1.807) is 13.0 Å². The van der Waals surface area contributed by atoms with Crippen molar-refractivity contribution >= 4 is 19.1 Å². The molecule has 0 heterocycles. The van der Waals surface area contributed by atoms with E-state index in [1.807, 2.05) is 6.07 Å². The lowest BCUT2D eigenvalue weighted by atomic mass is 10.3. The van der Waals surface area contributed by atoms with Gasteiger partial charge in [-0.2, -0.15) is 5.26 Å². The Kier molecular flexibility index (Phi) is 4.95. The van der Waals surface area contributed by atoms with Crippen LogP contribution >= 0.6 is 12.9 Å². The van der Waals surface area contributed by atoms with Crippen molar-refractivity contribution in [3.05, 3.63) is 24.1 Å². The van der Waals surface area contributed by atoms with Crippen molar-refractivity contribution in [2.75, 3.05) is 0 Å². The lowest BCUT2D eigenvalue weighted by Gasteiger charge is -1.91. The molecule has 3 nitrogen and oxygen atoms in total. The van der Waals surface area contributed by atoms with Crippen LogP contribution < -0.4 is 0 Å². The van der Waals surface area contributed by atoms with Crippen molar-refractivity contribution in [3.8, 4) is 6.07 Å². The minimum absolute atomic E-state index is 0.155. The van der Waals surface area contributed by atoms with Gasteiger partial charge in [-0.3, -0.25) is 0 Å². The molecule has 0 amide bonds. The molecule has 0 unspecified atom stereocenters. The number of hydrogen-bond donors (Lipinski definition) is 1. The largest absolute Gasteiger partial charge is 0.410 e. The molecule has 0 aromatic carbocycles. The average molecular weight is 168 g/mol. The van der Waals surface area contributed by atoms with Gasteiger partial charge in [0.25, 0.3) is 0 Å². The summed E-state index contributed by atoms with van der Waals surface area (Å²) in [5, 5.41) is 8.41. The SMILES string of the molecule is C=C(/N=C\C(C#N)=C/C)OS. The zero-order chi connectivity index (χ0) is 8.69. The van der Waals surface area contributed by atoms with Gasteiger partial charge < -0.3 is 4.18 Å². The van der Waals surface area contributed by atoms with Gasteiger partial charge in [0.15, 0.2) is 0 Å². The first kappa shape index (κ1) is 9.79. The van der Waals surface area contributed by atoms with Crippen molar-refractivity contribution in [3.63, 3.8) is 0 Å². The van der Waals surface area contributed by atoms with Crippen molar-refractivity contribution < 1.29 is 4.18 Å². The highest BCUT2D eigenvalue weighted by Crippen LogP contribution is 1.97. The zero-order valence-electron chi connectivity index (χ0n) is 6.11. The third kappa shape index (κ3) is 4.23. The predicted octanol–water partition coefficient (Wildman–Crippen LogP) is 1.86. The van der Waals surface area contributed by atoms with E-state index < -0.39 is 0 Å². The van der Waals surface area contributed by atoms with E-state index in [0.717, 1.165) is 0 Å². The molecule has 0 saturated heterocycles. The Morgan fingerprint density at radius 2 is 2.45 bits per heavy atom. The van der Waals surface area contributed by atoms with E-state index in [2.05, 4.69) is 28.7 Å². The number of allylic oxidation sites excluding steroid dienone is 2. The molecule has 0 bridgehead atoms. The van der Waals surface area contributed by atoms with Crippen LogP contribution in [-0.2, 0) is 4.18 Å². The summed E-state index contributed by atoms with van der Waals surface area (Å²) >= 11 is 3.46. The number of aliphatic imine (C=N–C) groups is 1. The Morgan fingerprint density at radius 3 is 2.82 bits per heavy atom. The maximum atomic E-state index is 8.41. The minimum atomic E-state index is 0.155. The number of rotatable bonds is 3. The molecule has 0 aliphatic carbocycles. The van der Waals surface area contributed by atoms with E-state index in [4.69, 9.17) is 5.26 Å². The summed E-state index contributed by atoms with van der Waals surface area (Å²) < 4.78 is 4.36. The summed E-state index contributed by atoms with van der Waals surface area (Å²) in [5.74, 6) is 0.155. The van der Waals surface area contributed by atoms with Gasteiger partial charge >= 0.3 is 0 Å². The summed E-state index contributed by atoms with van der Waals surface area (Å²) in [6.07, 6.45) is 2.99. The zero-order valence-corrected chi connectivity index (χ0v) is 7.01. The van der Waals surface area contributed by atoms with E-state index in [1.165, 1.54) is 6.21 Å². The molecule has 11 heavy (non-hydrogen) atoms. The highest BCUT2D eigenvalue weighted by atomic mass is 32.1. The van der Waals surface area contributed by atoms with Gasteiger partial charge in [-0.1, -0.05) is 6.08 Å². The maximum Gasteiger partial charge on any atom is 0.220 e. The molecule has 0 aromatic rings. The summed E-state index contributed by atoms with van der Waals surface area (Å²) in [6, 6.07) is 1.92. The molecule has 0 aliphatic rings. The first-order chi connectivity index (χ1) is 5.24. The van der Waals surface area contributed by atoms with Crippen LogP contribution in [0.2, 0.25) is 0 Å². The second-order valence-corrected chi connectivity index (χ2v) is 1.78. The van der Waals surface area contributed by atoms with Gasteiger partial charge in [-0.05, 0) is 13.5 Å². The smallest absolute Gasteiger partial charge is 0.220 e. The monoisotopic (exact) mass is 168 g/mol. The van der Waals surface area contributed by atoms with Crippen LogP contribution in [0.5, 0.6) is 0 Å². The molecular formula is C7H8N2OS. The van der Waals surface area contributed by atoms with Crippen molar-refractivity contribution in [2.24, 2.45) is 4.99 Å². The quantitative estimate of drug-likeness (QED) is 0.230. The Labute approximate surface area is 71.3 Å². The number of thiol groups is 1. The second kappa shape index (κ2) is 5.57. The van der Waals surface area contributed by atoms with Crippen molar-refractivity contribution in [1.82, 2.24) is 0 Å². The first-order valence-electron chi connectivity index (χ1n) is 2.85. The Bertz CT molecular complexity index is 237. The lowest BCUT2D eigenvalue weighted by Crippen LogP contribution is -1.81. The summed E-state index contributed by atoms with van der Waals surface area (Å²) in [4.78, 5) is 3.68. The second-order valence-electron chi connectivity index (χ2n) is 1.60. The van der Waals surface area contributed by atoms with Crippen molar-refractivity contribution in [1.29, 1.82) is 5.26 Å². The van der Waals surface area contributed by atoms with Crippen LogP contribution in [0.4, 0.5) is 0 Å². The molecular weight excluding hydrogens is 160 g/mol. The van der Waals surface area contributed by atoms with Crippen LogP contribution in [-0.4, -0.2) is 6.21 Å². The normalized spacial score (nSPS) is 11.2. The van der Waals surface area contributed by atoms with Crippen molar-refractivity contribution in [2.45, 2.75) is 6.92 Å². The fourth-order valence-electron chi connectivity index (χ4n) is 0.333. The van der Waals surface area contributed by atoms with Gasteiger partial charge in [-0.15, -0.1) is 0 Å². The Balaban J connectivity index is 4.15. The van der Waals surface area contributed by atoms with Gasteiger partial charge in [0.05, 0.1) is 5.57 Å². The summed E-state index contributed by atoms with van der Waals surface area (Å²) in [7, 11) is 0. The minimum Gasteiger partial charge on any atom is -0.410 e. The first-order valence-corrected chi connectivity index (χ1v) is 3.22. The van der Waals surface area contributed by atoms with E-state index in [0.29, 0.717) is 5.57 Å². The van der Waals surface area contributed by atoms with Gasteiger partial charge in [-0.25, -0.2) is 4.99 Å². The molecule has 0 N–H and O–H groups in total. The molecule has 58 valence electrons. The number of nitrogens with zero attached hydrogens (tertiary/aromatic N) is 2. The predicted molar refractivity (Wildman–Crippen MR) is 47.1 cm³/mol. The van der Waals surface area contributed by atoms with Crippen LogP contribution in [0.3, 0.4) is 0 Å². The Hall–Kier alpha value is -1.21. The van der Waals surface area contributed by atoms with Gasteiger partial charge in [0, 0.05) is 19.1 Å². The standard InChI is InChI=1S/C7H8N2OS/c1-3-7(4-8)5-9-6(2)10-11/h3,5,11H,2H2,1H3/b7-3-,9-5-. The van der Waals surface area contributed by atoms with E-state index >= 15 is 0 Å². The topological polar surface area (TPSA) is 45.4 Å². The average Bonchev–Trinajstić information content (AvgIpc) is 2.06. The van der Waals surface area contributed by atoms with E-state index in [-0.39, 0.29) is 5.88 Å². The highest BCUT2D eigenvalue weighted by Gasteiger charge is 1.87. The molecule has 0 atom stereocenters. The molecule has 0 spiro atoms. The fraction of sp³-hybridized carbons (Fsp3) is 0.143. The van der Waals surface area contributed by atoms with Gasteiger partial charge in [0.1, 0.15) is 6.07 Å². The maximum absolute atomic E-state index is 8.41. The highest BCUT2D eigenvalue weighted by molar-refractivity contribution is 7.75. The van der Waals surface area contributed by atoms with Crippen LogP contribution in [0.25, 0.3) is 0 Å². The number of hydrogen-bond acceptors (Lipinski definition) is 4. The third-order valence-corrected chi connectivity index (χ3v) is 1.10. The summed E-state index contributed by atoms with van der Waals surface area (Å²) in [5.41, 5.74) is 0.455. The molecule has 0 aliphatic heterocycles. The van der Waals surface area contributed by atoms with Crippen LogP contribution in [0.1, 0.15) is 6.92 Å². The molecule has 0 radical (unpaired) electrons. The molecule has 0 saturated carbocycles. The fourth-order valence-corrected chi connectivity index (χ4v) is 0.380. The summed E-state index contributed by atoms with van der Waals surface area (Å²) in [6.45, 7) is 5.13. The molecule has 4 heteroatoms. The van der Waals surface area contributed by atoms with Crippen LogP contribution in [0.15, 0.2) is 29.1 Å². The van der Waals surface area contributed by atoms with E-state index in [9.17, 15) is 0 Å². The number of nitriles is 1. The van der Waals surface area contributed by atoms with Gasteiger partial charge in [0.2, 0.25) is 5.88 Å².